The second-order valence-corrected chi connectivity index (χ2v) is 7.92. The van der Waals surface area contributed by atoms with Gasteiger partial charge in [0.1, 0.15) is 6.04 Å². The first-order valence-electron chi connectivity index (χ1n) is 9.27. The van der Waals surface area contributed by atoms with Gasteiger partial charge in [0, 0.05) is 17.0 Å². The van der Waals surface area contributed by atoms with Crippen LogP contribution in [-0.2, 0) is 4.79 Å². The van der Waals surface area contributed by atoms with E-state index in [4.69, 9.17) is 0 Å². The van der Waals surface area contributed by atoms with Crippen molar-refractivity contribution in [1.29, 1.82) is 0 Å². The predicted molar refractivity (Wildman–Crippen MR) is 111 cm³/mol. The van der Waals surface area contributed by atoms with Crippen LogP contribution in [0, 0.1) is 5.92 Å². The number of nitrogens with zero attached hydrogens (tertiary/aromatic N) is 1. The number of likely N-dealkylation sites (N-methyl/N-ethyl adjacent to an activating group) is 1. The maximum absolute atomic E-state index is 12.9. The number of hydrogen-bond acceptors (Lipinski definition) is 4. The molecule has 0 aliphatic rings. The molecule has 2 rings (SSSR count). The molecule has 1 aromatic carbocycles. The summed E-state index contributed by atoms with van der Waals surface area (Å²) in [6.45, 7) is 4.51. The van der Waals surface area contributed by atoms with Gasteiger partial charge in [0.2, 0.25) is 5.91 Å². The molecule has 0 saturated heterocycles. The number of carbonyl (C=O) groups is 2. The highest BCUT2D eigenvalue weighted by Crippen LogP contribution is 2.22. The van der Waals surface area contributed by atoms with Gasteiger partial charge in [0.05, 0.1) is 6.04 Å². The fourth-order valence-electron chi connectivity index (χ4n) is 2.84. The van der Waals surface area contributed by atoms with Crippen molar-refractivity contribution in [2.24, 2.45) is 5.92 Å². The number of amides is 2. The lowest BCUT2D eigenvalue weighted by molar-refractivity contribution is -0.124. The summed E-state index contributed by atoms with van der Waals surface area (Å²) in [5.41, 5.74) is 0.559. The molecule has 0 aliphatic heterocycles. The lowest BCUT2D eigenvalue weighted by atomic mass is 9.97. The molecule has 3 atom stereocenters. The summed E-state index contributed by atoms with van der Waals surface area (Å²) >= 11 is 1.68. The van der Waals surface area contributed by atoms with Crippen LogP contribution in [0.2, 0.25) is 0 Å². The fraction of sp³-hybridized carbons (Fsp3) is 0.429. The highest BCUT2D eigenvalue weighted by atomic mass is 32.1. The molecule has 5 nitrogen and oxygen atoms in total. The molecule has 27 heavy (non-hydrogen) atoms. The van der Waals surface area contributed by atoms with Crippen molar-refractivity contribution in [2.75, 3.05) is 20.6 Å². The van der Waals surface area contributed by atoms with E-state index in [2.05, 4.69) is 21.6 Å². The van der Waals surface area contributed by atoms with Crippen molar-refractivity contribution in [1.82, 2.24) is 15.5 Å². The zero-order valence-corrected chi connectivity index (χ0v) is 17.3. The highest BCUT2D eigenvalue weighted by molar-refractivity contribution is 7.10. The molecule has 0 fully saturated rings. The van der Waals surface area contributed by atoms with Crippen molar-refractivity contribution in [3.8, 4) is 0 Å². The van der Waals surface area contributed by atoms with Gasteiger partial charge >= 0.3 is 0 Å². The Kier molecular flexibility index (Phi) is 8.00. The second kappa shape index (κ2) is 10.2. The summed E-state index contributed by atoms with van der Waals surface area (Å²) < 4.78 is 0. The molecule has 3 unspecified atom stereocenters. The minimum Gasteiger partial charge on any atom is -0.352 e. The maximum atomic E-state index is 12.9. The Labute approximate surface area is 165 Å². The molecule has 2 amide bonds. The normalized spacial score (nSPS) is 14.4. The maximum Gasteiger partial charge on any atom is 0.251 e. The molecule has 0 saturated carbocycles. The molecule has 0 spiro atoms. The van der Waals surface area contributed by atoms with Crippen molar-refractivity contribution in [2.45, 2.75) is 32.4 Å². The van der Waals surface area contributed by atoms with Gasteiger partial charge in [-0.05, 0) is 43.6 Å². The molecule has 0 bridgehead atoms. The lowest BCUT2D eigenvalue weighted by Crippen LogP contribution is -2.51. The Bertz CT molecular complexity index is 716. The van der Waals surface area contributed by atoms with Gasteiger partial charge in [-0.2, -0.15) is 0 Å². The van der Waals surface area contributed by atoms with Gasteiger partial charge in [0.15, 0.2) is 0 Å². The molecule has 0 radical (unpaired) electrons. The average molecular weight is 388 g/mol. The van der Waals surface area contributed by atoms with Crippen molar-refractivity contribution < 1.29 is 9.59 Å². The summed E-state index contributed by atoms with van der Waals surface area (Å²) in [6.07, 6.45) is 0.801. The number of hydrogen-bond donors (Lipinski definition) is 2. The molecule has 2 N–H and O–H groups in total. The van der Waals surface area contributed by atoms with Gasteiger partial charge < -0.3 is 15.5 Å². The van der Waals surface area contributed by atoms with E-state index >= 15 is 0 Å². The smallest absolute Gasteiger partial charge is 0.251 e. The van der Waals surface area contributed by atoms with Crippen LogP contribution >= 0.6 is 11.3 Å². The van der Waals surface area contributed by atoms with Gasteiger partial charge in [-0.1, -0.05) is 44.5 Å². The molecule has 1 heterocycles. The molecular formula is C21H29N3O2S. The topological polar surface area (TPSA) is 61.4 Å². The zero-order chi connectivity index (χ0) is 19.8. The third-order valence-corrected chi connectivity index (χ3v) is 5.76. The molecule has 2 aromatic rings. The molecule has 6 heteroatoms. The second-order valence-electron chi connectivity index (χ2n) is 6.94. The van der Waals surface area contributed by atoms with E-state index in [1.807, 2.05) is 57.6 Å². The third kappa shape index (κ3) is 5.91. The van der Waals surface area contributed by atoms with Crippen molar-refractivity contribution in [3.63, 3.8) is 0 Å². The predicted octanol–water partition coefficient (Wildman–Crippen LogP) is 3.31. The summed E-state index contributed by atoms with van der Waals surface area (Å²) in [5, 5.41) is 7.98. The van der Waals surface area contributed by atoms with Gasteiger partial charge in [-0.25, -0.2) is 0 Å². The Balaban J connectivity index is 2.05. The van der Waals surface area contributed by atoms with E-state index < -0.39 is 6.04 Å². The van der Waals surface area contributed by atoms with Crippen LogP contribution < -0.4 is 10.6 Å². The minimum absolute atomic E-state index is 0.0391. The van der Waals surface area contributed by atoms with E-state index in [0.29, 0.717) is 12.1 Å². The number of thiophene rings is 1. The van der Waals surface area contributed by atoms with E-state index in [0.717, 1.165) is 6.42 Å². The monoisotopic (exact) mass is 387 g/mol. The van der Waals surface area contributed by atoms with Crippen LogP contribution in [0.1, 0.15) is 41.5 Å². The number of nitrogens with one attached hydrogen (secondary N) is 2. The quantitative estimate of drug-likeness (QED) is 0.694. The van der Waals surface area contributed by atoms with Gasteiger partial charge in [0.25, 0.3) is 5.91 Å². The molecule has 146 valence electrons. The largest absolute Gasteiger partial charge is 0.352 e. The number of benzene rings is 1. The van der Waals surface area contributed by atoms with Crippen molar-refractivity contribution >= 4 is 23.2 Å². The van der Waals surface area contributed by atoms with Crippen molar-refractivity contribution in [3.05, 3.63) is 58.3 Å². The van der Waals surface area contributed by atoms with E-state index in [1.54, 1.807) is 23.5 Å². The van der Waals surface area contributed by atoms with E-state index in [1.165, 1.54) is 4.88 Å². The van der Waals surface area contributed by atoms with E-state index in [9.17, 15) is 9.59 Å². The van der Waals surface area contributed by atoms with E-state index in [-0.39, 0.29) is 23.8 Å². The zero-order valence-electron chi connectivity index (χ0n) is 16.4. The summed E-state index contributed by atoms with van der Waals surface area (Å²) in [6, 6.07) is 12.6. The minimum atomic E-state index is -0.561. The highest BCUT2D eigenvalue weighted by Gasteiger charge is 2.27. The Hall–Kier alpha value is -2.18. The van der Waals surface area contributed by atoms with Crippen LogP contribution in [0.25, 0.3) is 0 Å². The Morgan fingerprint density at radius 1 is 1.11 bits per heavy atom. The van der Waals surface area contributed by atoms with Gasteiger partial charge in [-0.3, -0.25) is 9.59 Å². The first-order valence-corrected chi connectivity index (χ1v) is 10.2. The Morgan fingerprint density at radius 3 is 2.37 bits per heavy atom. The Morgan fingerprint density at radius 2 is 1.81 bits per heavy atom. The fourth-order valence-corrected chi connectivity index (χ4v) is 3.76. The molecular weight excluding hydrogens is 358 g/mol. The van der Waals surface area contributed by atoms with Crippen LogP contribution in [0.3, 0.4) is 0 Å². The third-order valence-electron chi connectivity index (χ3n) is 4.78. The standard InChI is InChI=1S/C21H29N3O2S/c1-5-15(2)19(23-20(25)16-10-7-6-8-11-16)21(26)22-14-17(24(3)4)18-12-9-13-27-18/h6-13,15,17,19H,5,14H2,1-4H3,(H,22,26)(H,23,25). The van der Waals surface area contributed by atoms with Crippen LogP contribution in [0.15, 0.2) is 47.8 Å². The van der Waals surface area contributed by atoms with Crippen LogP contribution in [0.4, 0.5) is 0 Å². The first kappa shape index (κ1) is 21.1. The van der Waals surface area contributed by atoms with Crippen LogP contribution in [0.5, 0.6) is 0 Å². The summed E-state index contributed by atoms with van der Waals surface area (Å²) in [5.74, 6) is -0.326. The summed E-state index contributed by atoms with van der Waals surface area (Å²) in [4.78, 5) is 28.7. The van der Waals surface area contributed by atoms with Crippen LogP contribution in [-0.4, -0.2) is 43.4 Å². The molecule has 0 aliphatic carbocycles. The SMILES string of the molecule is CCC(C)C(NC(=O)c1ccccc1)C(=O)NCC(c1cccs1)N(C)C. The molecule has 1 aromatic heterocycles. The average Bonchev–Trinajstić information content (AvgIpc) is 3.20. The number of rotatable bonds is 9. The first-order chi connectivity index (χ1) is 12.9. The van der Waals surface area contributed by atoms with Gasteiger partial charge in [-0.15, -0.1) is 11.3 Å². The number of carbonyl (C=O) groups excluding carboxylic acids is 2. The lowest BCUT2D eigenvalue weighted by Gasteiger charge is -2.27. The summed E-state index contributed by atoms with van der Waals surface area (Å²) in [7, 11) is 4.00.